The van der Waals surface area contributed by atoms with E-state index in [2.05, 4.69) is 47.4 Å². The van der Waals surface area contributed by atoms with Crippen molar-refractivity contribution in [2.45, 2.75) is 32.7 Å². The second-order valence-corrected chi connectivity index (χ2v) is 6.31. The van der Waals surface area contributed by atoms with Crippen molar-refractivity contribution >= 4 is 17.4 Å². The van der Waals surface area contributed by atoms with Crippen LogP contribution in [0.4, 0.5) is 16.2 Å². The summed E-state index contributed by atoms with van der Waals surface area (Å²) in [6, 6.07) is 5.50. The van der Waals surface area contributed by atoms with E-state index in [1.54, 1.807) is 0 Å². The molecule has 0 bridgehead atoms. The summed E-state index contributed by atoms with van der Waals surface area (Å²) in [5.41, 5.74) is 3.27. The number of amides is 2. The Hall–Kier alpha value is -1.79. The number of hydrogen-bond donors (Lipinski definition) is 3. The van der Waals surface area contributed by atoms with Crippen molar-refractivity contribution in [3.05, 3.63) is 23.8 Å². The molecule has 24 heavy (non-hydrogen) atoms. The van der Waals surface area contributed by atoms with Gasteiger partial charge in [0.1, 0.15) is 0 Å². The number of fused-ring (bicyclic) bond motifs is 1. The Morgan fingerprint density at radius 1 is 1.38 bits per heavy atom. The van der Waals surface area contributed by atoms with Gasteiger partial charge in [-0.3, -0.25) is 0 Å². The number of nitrogens with zero attached hydrogens (tertiary/aromatic N) is 2. The third kappa shape index (κ3) is 4.85. The number of rotatable bonds is 8. The smallest absolute Gasteiger partial charge is 0.319 e. The maximum atomic E-state index is 12.2. The minimum Gasteiger partial charge on any atom is -0.394 e. The van der Waals surface area contributed by atoms with E-state index < -0.39 is 0 Å². The van der Waals surface area contributed by atoms with E-state index in [-0.39, 0.29) is 18.7 Å². The van der Waals surface area contributed by atoms with Gasteiger partial charge in [-0.1, -0.05) is 19.9 Å². The number of carbonyl (C=O) groups is 1. The number of hydrogen-bond acceptors (Lipinski definition) is 4. The Kier molecular flexibility index (Phi) is 6.87. The van der Waals surface area contributed by atoms with Crippen molar-refractivity contribution < 1.29 is 9.90 Å². The highest BCUT2D eigenvalue weighted by atomic mass is 16.3. The molecular weight excluding hydrogens is 304 g/mol. The van der Waals surface area contributed by atoms with E-state index in [0.717, 1.165) is 44.7 Å². The number of carbonyl (C=O) groups excluding carboxylic acids is 1. The van der Waals surface area contributed by atoms with E-state index in [9.17, 15) is 9.90 Å². The summed E-state index contributed by atoms with van der Waals surface area (Å²) in [6.07, 6.45) is 1.79. The Morgan fingerprint density at radius 2 is 2.12 bits per heavy atom. The lowest BCUT2D eigenvalue weighted by Gasteiger charge is -2.22. The highest BCUT2D eigenvalue weighted by Gasteiger charge is 2.17. The van der Waals surface area contributed by atoms with Crippen LogP contribution in [0.3, 0.4) is 0 Å². The first-order chi connectivity index (χ1) is 11.6. The van der Waals surface area contributed by atoms with Gasteiger partial charge in [-0.2, -0.15) is 0 Å². The zero-order valence-electron chi connectivity index (χ0n) is 15.0. The molecule has 0 saturated carbocycles. The minimum atomic E-state index is -0.269. The van der Waals surface area contributed by atoms with Crippen LogP contribution in [-0.2, 0) is 6.42 Å². The maximum Gasteiger partial charge on any atom is 0.319 e. The number of aliphatic hydroxyl groups excluding tert-OH is 1. The molecular formula is C18H30N4O2. The predicted molar refractivity (Wildman–Crippen MR) is 98.8 cm³/mol. The van der Waals surface area contributed by atoms with Crippen LogP contribution < -0.4 is 15.5 Å². The van der Waals surface area contributed by atoms with Crippen LogP contribution in [-0.4, -0.2) is 61.9 Å². The van der Waals surface area contributed by atoms with Crippen LogP contribution in [0.2, 0.25) is 0 Å². The first-order valence-corrected chi connectivity index (χ1v) is 8.82. The number of likely N-dealkylation sites (N-methyl/N-ethyl adjacent to an activating group) is 1. The highest BCUT2D eigenvalue weighted by Crippen LogP contribution is 2.29. The first-order valence-electron chi connectivity index (χ1n) is 8.82. The normalized spacial score (nSPS) is 14.6. The summed E-state index contributed by atoms with van der Waals surface area (Å²) in [5, 5.41) is 15.2. The molecule has 3 N–H and O–H groups in total. The Bertz CT molecular complexity index is 546. The maximum absolute atomic E-state index is 12.2. The van der Waals surface area contributed by atoms with Gasteiger partial charge in [-0.25, -0.2) is 4.79 Å². The van der Waals surface area contributed by atoms with Crippen molar-refractivity contribution in [3.63, 3.8) is 0 Å². The van der Waals surface area contributed by atoms with Gasteiger partial charge in [0.15, 0.2) is 0 Å². The second kappa shape index (κ2) is 8.89. The molecule has 1 aliphatic heterocycles. The summed E-state index contributed by atoms with van der Waals surface area (Å²) in [6.45, 7) is 8.00. The van der Waals surface area contributed by atoms with Gasteiger partial charge in [0.05, 0.1) is 12.6 Å². The number of urea groups is 1. The standard InChI is InChI=1S/C18H30N4O2/c1-4-22(5-2)11-9-16(13-23)20-18(24)19-15-7-6-14-8-10-21(3)17(14)12-15/h6-7,12,16,23H,4-5,8-11,13H2,1-3H3,(H2,19,20,24)/t16-/m1/s1. The van der Waals surface area contributed by atoms with Gasteiger partial charge < -0.3 is 25.5 Å². The molecule has 0 aromatic heterocycles. The molecule has 1 aromatic rings. The van der Waals surface area contributed by atoms with Crippen LogP contribution in [0.15, 0.2) is 18.2 Å². The molecule has 1 aliphatic rings. The van der Waals surface area contributed by atoms with Crippen molar-refractivity contribution in [2.24, 2.45) is 0 Å². The van der Waals surface area contributed by atoms with E-state index in [1.807, 2.05) is 12.1 Å². The fourth-order valence-corrected chi connectivity index (χ4v) is 3.06. The fraction of sp³-hybridized carbons (Fsp3) is 0.611. The minimum absolute atomic E-state index is 0.0540. The summed E-state index contributed by atoms with van der Waals surface area (Å²) in [4.78, 5) is 16.7. The molecule has 0 fully saturated rings. The fourth-order valence-electron chi connectivity index (χ4n) is 3.06. The quantitative estimate of drug-likeness (QED) is 0.679. The molecule has 1 heterocycles. The Labute approximate surface area is 144 Å². The zero-order valence-corrected chi connectivity index (χ0v) is 15.0. The molecule has 1 aromatic carbocycles. The molecule has 6 nitrogen and oxygen atoms in total. The van der Waals surface area contributed by atoms with Gasteiger partial charge in [0, 0.05) is 31.5 Å². The highest BCUT2D eigenvalue weighted by molar-refractivity contribution is 5.90. The van der Waals surface area contributed by atoms with Gasteiger partial charge >= 0.3 is 6.03 Å². The third-order valence-electron chi connectivity index (χ3n) is 4.71. The summed E-state index contributed by atoms with van der Waals surface area (Å²) < 4.78 is 0. The van der Waals surface area contributed by atoms with E-state index in [4.69, 9.17) is 0 Å². The molecule has 2 amide bonds. The molecule has 6 heteroatoms. The topological polar surface area (TPSA) is 67.8 Å². The second-order valence-electron chi connectivity index (χ2n) is 6.31. The molecule has 0 radical (unpaired) electrons. The molecule has 1 atom stereocenters. The van der Waals surface area contributed by atoms with Gasteiger partial charge in [0.25, 0.3) is 0 Å². The molecule has 0 spiro atoms. The molecule has 0 saturated heterocycles. The summed E-state index contributed by atoms with van der Waals surface area (Å²) in [7, 11) is 2.06. The largest absolute Gasteiger partial charge is 0.394 e. The lowest BCUT2D eigenvalue weighted by atomic mass is 10.1. The average Bonchev–Trinajstić information content (AvgIpc) is 2.95. The SMILES string of the molecule is CCN(CC)CC[C@H](CO)NC(=O)Nc1ccc2c(c1)N(C)CC2. The number of anilines is 2. The van der Waals surface area contributed by atoms with Crippen LogP contribution in [0, 0.1) is 0 Å². The van der Waals surface area contributed by atoms with Gasteiger partial charge in [-0.15, -0.1) is 0 Å². The Balaban J connectivity index is 1.86. The van der Waals surface area contributed by atoms with Gasteiger partial charge in [-0.05, 0) is 43.6 Å². The number of benzene rings is 1. The van der Waals surface area contributed by atoms with Crippen molar-refractivity contribution in [2.75, 3.05) is 50.1 Å². The van der Waals surface area contributed by atoms with Crippen LogP contribution >= 0.6 is 0 Å². The number of aliphatic hydroxyl groups is 1. The average molecular weight is 334 g/mol. The van der Waals surface area contributed by atoms with Crippen LogP contribution in [0.25, 0.3) is 0 Å². The van der Waals surface area contributed by atoms with Crippen LogP contribution in [0.5, 0.6) is 0 Å². The summed E-state index contributed by atoms with van der Waals surface area (Å²) >= 11 is 0. The Morgan fingerprint density at radius 3 is 2.79 bits per heavy atom. The molecule has 0 aliphatic carbocycles. The third-order valence-corrected chi connectivity index (χ3v) is 4.71. The van der Waals surface area contributed by atoms with E-state index in [0.29, 0.717) is 0 Å². The molecule has 134 valence electrons. The van der Waals surface area contributed by atoms with Crippen molar-refractivity contribution in [1.82, 2.24) is 10.2 Å². The van der Waals surface area contributed by atoms with E-state index >= 15 is 0 Å². The first kappa shape index (κ1) is 18.5. The zero-order chi connectivity index (χ0) is 17.5. The molecule has 2 rings (SSSR count). The lowest BCUT2D eigenvalue weighted by molar-refractivity contribution is 0.206. The summed E-state index contributed by atoms with van der Waals surface area (Å²) in [5.74, 6) is 0. The monoisotopic (exact) mass is 334 g/mol. The number of nitrogens with one attached hydrogen (secondary N) is 2. The molecule has 0 unspecified atom stereocenters. The van der Waals surface area contributed by atoms with Crippen molar-refractivity contribution in [3.8, 4) is 0 Å². The lowest BCUT2D eigenvalue weighted by Crippen LogP contribution is -2.42. The van der Waals surface area contributed by atoms with Gasteiger partial charge in [0.2, 0.25) is 0 Å². The predicted octanol–water partition coefficient (Wildman–Crippen LogP) is 1.89. The van der Waals surface area contributed by atoms with Crippen LogP contribution in [0.1, 0.15) is 25.8 Å². The van der Waals surface area contributed by atoms with E-state index in [1.165, 1.54) is 11.3 Å². The van der Waals surface area contributed by atoms with Crippen molar-refractivity contribution in [1.29, 1.82) is 0 Å².